The number of nitrogens with zero attached hydrogens (tertiary/aromatic N) is 3. The monoisotopic (exact) mass is 336 g/mol. The van der Waals surface area contributed by atoms with Crippen LogP contribution in [0.25, 0.3) is 0 Å². The molecule has 1 aliphatic rings. The molecule has 1 aromatic carbocycles. The first kappa shape index (κ1) is 15.1. The predicted octanol–water partition coefficient (Wildman–Crippen LogP) is 3.07. The number of anilines is 2. The summed E-state index contributed by atoms with van der Waals surface area (Å²) in [4.78, 5) is 21.5. The third-order valence-corrected chi connectivity index (χ3v) is 4.32. The quantitative estimate of drug-likeness (QED) is 0.874. The minimum absolute atomic E-state index is 0.125. The molecule has 0 saturated heterocycles. The molecule has 7 heteroatoms. The van der Waals surface area contributed by atoms with Gasteiger partial charge in [0.2, 0.25) is 11.2 Å². The smallest absolute Gasteiger partial charge is 0.224 e. The lowest BCUT2D eigenvalue weighted by atomic mass is 9.81. The normalized spacial score (nSPS) is 20.0. The van der Waals surface area contributed by atoms with Gasteiger partial charge in [0.05, 0.1) is 6.20 Å². The van der Waals surface area contributed by atoms with Gasteiger partial charge in [0.15, 0.2) is 5.82 Å². The van der Waals surface area contributed by atoms with E-state index < -0.39 is 5.41 Å². The van der Waals surface area contributed by atoms with Gasteiger partial charge in [-0.3, -0.25) is 4.79 Å². The molecule has 114 valence electrons. The fourth-order valence-electron chi connectivity index (χ4n) is 2.99. The lowest BCUT2D eigenvalue weighted by Gasteiger charge is -2.25. The van der Waals surface area contributed by atoms with Gasteiger partial charge in [-0.1, -0.05) is 36.7 Å². The van der Waals surface area contributed by atoms with E-state index in [-0.39, 0.29) is 17.6 Å². The number of halogens is 2. The van der Waals surface area contributed by atoms with Crippen molar-refractivity contribution in [3.63, 3.8) is 0 Å². The summed E-state index contributed by atoms with van der Waals surface area (Å²) in [7, 11) is 0. The van der Waals surface area contributed by atoms with Crippen LogP contribution < -0.4 is 10.6 Å². The Balaban J connectivity index is 2.12. The van der Waals surface area contributed by atoms with Crippen molar-refractivity contribution >= 4 is 40.6 Å². The number of carbonyl (C=O) groups excluding carboxylic acids is 1. The molecule has 0 bridgehead atoms. The number of aromatic nitrogens is 2. The summed E-state index contributed by atoms with van der Waals surface area (Å²) in [6.07, 6.45) is 1.72. The Bertz CT molecular complexity index is 752. The van der Waals surface area contributed by atoms with Gasteiger partial charge in [0.1, 0.15) is 5.02 Å². The van der Waals surface area contributed by atoms with E-state index in [0.29, 0.717) is 17.4 Å². The maximum atomic E-state index is 11.5. The van der Waals surface area contributed by atoms with Gasteiger partial charge in [-0.15, -0.1) is 0 Å². The highest BCUT2D eigenvalue weighted by molar-refractivity contribution is 6.33. The summed E-state index contributed by atoms with van der Waals surface area (Å²) >= 11 is 12.1. The molecule has 1 atom stereocenters. The number of primary amides is 1. The molecule has 0 aliphatic carbocycles. The number of amides is 1. The maximum Gasteiger partial charge on any atom is 0.224 e. The highest BCUT2D eigenvalue weighted by Crippen LogP contribution is 2.46. The molecule has 0 fully saturated rings. The molecule has 5 nitrogen and oxygen atoms in total. The highest BCUT2D eigenvalue weighted by Gasteiger charge is 2.41. The van der Waals surface area contributed by atoms with Gasteiger partial charge in [-0.25, -0.2) is 4.98 Å². The summed E-state index contributed by atoms with van der Waals surface area (Å²) in [5.41, 5.74) is 7.01. The van der Waals surface area contributed by atoms with Crippen LogP contribution in [0.2, 0.25) is 10.3 Å². The van der Waals surface area contributed by atoms with Crippen LogP contribution in [0.15, 0.2) is 30.5 Å². The molecule has 22 heavy (non-hydrogen) atoms. The van der Waals surface area contributed by atoms with Gasteiger partial charge in [0.25, 0.3) is 0 Å². The van der Waals surface area contributed by atoms with Crippen LogP contribution in [0.1, 0.15) is 18.9 Å². The zero-order chi connectivity index (χ0) is 15.9. The molecule has 2 aromatic rings. The number of rotatable bonds is 3. The first-order valence-electron chi connectivity index (χ1n) is 6.74. The maximum absolute atomic E-state index is 11.5. The number of nitrogens with two attached hydrogens (primary N) is 1. The van der Waals surface area contributed by atoms with Crippen LogP contribution in [0.4, 0.5) is 11.5 Å². The van der Waals surface area contributed by atoms with Crippen LogP contribution in [-0.4, -0.2) is 22.4 Å². The van der Waals surface area contributed by atoms with Crippen molar-refractivity contribution in [2.45, 2.75) is 18.8 Å². The largest absolute Gasteiger partial charge is 0.370 e. The Hall–Kier alpha value is -1.85. The van der Waals surface area contributed by atoms with E-state index >= 15 is 0 Å². The fourth-order valence-corrected chi connectivity index (χ4v) is 3.31. The number of hydrogen-bond donors (Lipinski definition) is 1. The number of carbonyl (C=O) groups is 1. The van der Waals surface area contributed by atoms with E-state index in [2.05, 4.69) is 9.97 Å². The van der Waals surface area contributed by atoms with E-state index in [4.69, 9.17) is 28.9 Å². The van der Waals surface area contributed by atoms with Crippen LogP contribution in [0.5, 0.6) is 0 Å². The average Bonchev–Trinajstić information content (AvgIpc) is 2.74. The SMILES string of the molecule is CC1(CC(N)=O)CN(c2nc(Cl)ncc2Cl)c2ccccc21. The fraction of sp³-hybridized carbons (Fsp3) is 0.267. The van der Waals surface area contributed by atoms with Crippen molar-refractivity contribution in [3.05, 3.63) is 46.3 Å². The van der Waals surface area contributed by atoms with Gasteiger partial charge in [-0.2, -0.15) is 4.98 Å². The van der Waals surface area contributed by atoms with Crippen molar-refractivity contribution in [1.82, 2.24) is 9.97 Å². The van der Waals surface area contributed by atoms with Crippen molar-refractivity contribution in [2.75, 3.05) is 11.4 Å². The molecule has 0 radical (unpaired) electrons. The number of fused-ring (bicyclic) bond motifs is 1. The van der Waals surface area contributed by atoms with Crippen LogP contribution in [-0.2, 0) is 10.2 Å². The molecule has 2 N–H and O–H groups in total. The number of benzene rings is 1. The molecule has 1 aliphatic heterocycles. The predicted molar refractivity (Wildman–Crippen MR) is 86.7 cm³/mol. The lowest BCUT2D eigenvalue weighted by Crippen LogP contribution is -2.33. The van der Waals surface area contributed by atoms with Gasteiger partial charge in [0, 0.05) is 24.1 Å². The van der Waals surface area contributed by atoms with Crippen LogP contribution in [0, 0.1) is 0 Å². The minimum Gasteiger partial charge on any atom is -0.370 e. The van der Waals surface area contributed by atoms with Crippen molar-refractivity contribution < 1.29 is 4.79 Å². The molecule has 0 saturated carbocycles. The second kappa shape index (κ2) is 5.41. The Morgan fingerprint density at radius 3 is 2.86 bits per heavy atom. The van der Waals surface area contributed by atoms with Crippen LogP contribution in [0.3, 0.4) is 0 Å². The Labute approximate surface area is 138 Å². The van der Waals surface area contributed by atoms with Crippen molar-refractivity contribution in [1.29, 1.82) is 0 Å². The Kier molecular flexibility index (Phi) is 3.70. The molecular formula is C15H14Cl2N4O. The van der Waals surface area contributed by atoms with Crippen LogP contribution >= 0.6 is 23.2 Å². The molecular weight excluding hydrogens is 323 g/mol. The van der Waals surface area contributed by atoms with Crippen molar-refractivity contribution in [3.8, 4) is 0 Å². The van der Waals surface area contributed by atoms with Gasteiger partial charge < -0.3 is 10.6 Å². The van der Waals surface area contributed by atoms with E-state index in [0.717, 1.165) is 11.3 Å². The van der Waals surface area contributed by atoms with Gasteiger partial charge in [-0.05, 0) is 23.2 Å². The first-order chi connectivity index (χ1) is 10.4. The van der Waals surface area contributed by atoms with Crippen molar-refractivity contribution in [2.24, 2.45) is 5.73 Å². The second-order valence-electron chi connectivity index (χ2n) is 5.62. The van der Waals surface area contributed by atoms with E-state index in [1.54, 1.807) is 0 Å². The summed E-state index contributed by atoms with van der Waals surface area (Å²) in [6, 6.07) is 7.83. The topological polar surface area (TPSA) is 72.1 Å². The molecule has 1 amide bonds. The molecule has 1 unspecified atom stereocenters. The third-order valence-electron chi connectivity index (χ3n) is 3.87. The first-order valence-corrected chi connectivity index (χ1v) is 7.50. The molecule has 1 aromatic heterocycles. The number of para-hydroxylation sites is 1. The zero-order valence-corrected chi connectivity index (χ0v) is 13.4. The Morgan fingerprint density at radius 2 is 2.14 bits per heavy atom. The van der Waals surface area contributed by atoms with E-state index in [1.165, 1.54) is 6.20 Å². The van der Waals surface area contributed by atoms with Gasteiger partial charge >= 0.3 is 0 Å². The van der Waals surface area contributed by atoms with E-state index in [9.17, 15) is 4.79 Å². The standard InChI is InChI=1S/C15H14Cl2N4O/c1-15(6-12(18)22)8-21(11-5-3-2-4-9(11)15)13-10(16)7-19-14(17)20-13/h2-5,7H,6,8H2,1H3,(H2,18,22). The Morgan fingerprint density at radius 1 is 1.41 bits per heavy atom. The summed E-state index contributed by atoms with van der Waals surface area (Å²) in [6.45, 7) is 2.55. The average molecular weight is 337 g/mol. The molecule has 3 rings (SSSR count). The highest BCUT2D eigenvalue weighted by atomic mass is 35.5. The summed E-state index contributed by atoms with van der Waals surface area (Å²) in [5.74, 6) is 0.188. The minimum atomic E-state index is -0.400. The molecule has 0 spiro atoms. The molecule has 2 heterocycles. The lowest BCUT2D eigenvalue weighted by molar-refractivity contribution is -0.119. The number of hydrogen-bond acceptors (Lipinski definition) is 4. The third kappa shape index (κ3) is 2.51. The summed E-state index contributed by atoms with van der Waals surface area (Å²) in [5, 5.41) is 0.530. The second-order valence-corrected chi connectivity index (χ2v) is 6.36. The summed E-state index contributed by atoms with van der Waals surface area (Å²) < 4.78 is 0. The zero-order valence-electron chi connectivity index (χ0n) is 11.9. The van der Waals surface area contributed by atoms with E-state index in [1.807, 2.05) is 36.1 Å².